The van der Waals surface area contributed by atoms with Gasteiger partial charge in [0.1, 0.15) is 11.5 Å². The van der Waals surface area contributed by atoms with Crippen LogP contribution < -0.4 is 9.64 Å². The summed E-state index contributed by atoms with van der Waals surface area (Å²) in [5.74, 6) is 1.74. The molecular formula is C55H39NO. The zero-order chi connectivity index (χ0) is 38.1. The van der Waals surface area contributed by atoms with Crippen molar-refractivity contribution in [2.24, 2.45) is 0 Å². The molecule has 0 radical (unpaired) electrons. The van der Waals surface area contributed by atoms with Gasteiger partial charge in [0, 0.05) is 39.2 Å². The molecule has 0 saturated heterocycles. The summed E-state index contributed by atoms with van der Waals surface area (Å²) >= 11 is 0. The number of hydrogen-bond donors (Lipinski definition) is 0. The fourth-order valence-corrected chi connectivity index (χ4v) is 9.19. The van der Waals surface area contributed by atoms with Gasteiger partial charge in [0.2, 0.25) is 0 Å². The van der Waals surface area contributed by atoms with Gasteiger partial charge in [0.25, 0.3) is 0 Å². The van der Waals surface area contributed by atoms with E-state index >= 15 is 0 Å². The maximum absolute atomic E-state index is 6.67. The van der Waals surface area contributed by atoms with Crippen LogP contribution in [-0.2, 0) is 5.41 Å². The average Bonchev–Trinajstić information content (AvgIpc) is 3.39. The van der Waals surface area contributed by atoms with Crippen LogP contribution in [0, 0.1) is 0 Å². The van der Waals surface area contributed by atoms with E-state index in [0.29, 0.717) is 0 Å². The Kier molecular flexibility index (Phi) is 7.55. The number of fused-ring (bicyclic) bond motifs is 10. The molecule has 0 bridgehead atoms. The van der Waals surface area contributed by atoms with Crippen molar-refractivity contribution in [1.29, 1.82) is 0 Å². The lowest BCUT2D eigenvalue weighted by molar-refractivity contribution is 0.488. The molecule has 270 valence electrons. The van der Waals surface area contributed by atoms with Crippen LogP contribution in [0.4, 0.5) is 17.1 Å². The summed E-state index contributed by atoms with van der Waals surface area (Å²) in [4.78, 5) is 2.39. The normalized spacial score (nSPS) is 13.0. The van der Waals surface area contributed by atoms with E-state index < -0.39 is 0 Å². The minimum Gasteiger partial charge on any atom is -0.456 e. The molecule has 0 atom stereocenters. The number of ether oxygens (including phenoxy) is 1. The molecule has 0 N–H and O–H groups in total. The second-order valence-electron chi connectivity index (χ2n) is 15.7. The molecule has 1 heterocycles. The maximum Gasteiger partial charge on any atom is 0.135 e. The Morgan fingerprint density at radius 3 is 1.72 bits per heavy atom. The Morgan fingerprint density at radius 2 is 0.930 bits per heavy atom. The topological polar surface area (TPSA) is 12.5 Å². The Hall–Kier alpha value is -7.16. The first-order chi connectivity index (χ1) is 28.0. The minimum atomic E-state index is -0.101. The molecule has 2 aliphatic rings. The summed E-state index contributed by atoms with van der Waals surface area (Å²) in [5.41, 5.74) is 17.9. The lowest BCUT2D eigenvalue weighted by Gasteiger charge is -2.28. The third kappa shape index (κ3) is 5.40. The van der Waals surface area contributed by atoms with E-state index in [-0.39, 0.29) is 5.41 Å². The van der Waals surface area contributed by atoms with Crippen molar-refractivity contribution >= 4 is 27.8 Å². The van der Waals surface area contributed by atoms with Gasteiger partial charge in [-0.1, -0.05) is 159 Å². The summed E-state index contributed by atoms with van der Waals surface area (Å²) in [6.45, 7) is 4.70. The molecule has 9 aromatic carbocycles. The van der Waals surface area contributed by atoms with Crippen LogP contribution in [0.1, 0.15) is 25.0 Å². The van der Waals surface area contributed by atoms with Gasteiger partial charge in [0.05, 0.1) is 0 Å². The lowest BCUT2D eigenvalue weighted by Crippen LogP contribution is -2.16. The average molecular weight is 730 g/mol. The molecule has 0 fully saturated rings. The van der Waals surface area contributed by atoms with Crippen molar-refractivity contribution in [3.63, 3.8) is 0 Å². The fraction of sp³-hybridized carbons (Fsp3) is 0.0545. The second-order valence-corrected chi connectivity index (χ2v) is 15.7. The first kappa shape index (κ1) is 33.2. The second kappa shape index (κ2) is 13.0. The van der Waals surface area contributed by atoms with E-state index in [1.165, 1.54) is 55.3 Å². The van der Waals surface area contributed by atoms with Crippen LogP contribution in [0.5, 0.6) is 11.5 Å². The van der Waals surface area contributed by atoms with Gasteiger partial charge >= 0.3 is 0 Å². The van der Waals surface area contributed by atoms with E-state index in [4.69, 9.17) is 4.74 Å². The van der Waals surface area contributed by atoms with Gasteiger partial charge in [-0.15, -0.1) is 0 Å². The number of benzene rings is 9. The van der Waals surface area contributed by atoms with E-state index in [9.17, 15) is 0 Å². The van der Waals surface area contributed by atoms with E-state index in [1.54, 1.807) is 0 Å². The van der Waals surface area contributed by atoms with Crippen molar-refractivity contribution in [3.05, 3.63) is 211 Å². The highest BCUT2D eigenvalue weighted by Gasteiger charge is 2.35. The molecule has 0 saturated carbocycles. The molecule has 2 heteroatoms. The molecule has 0 amide bonds. The number of rotatable bonds is 5. The van der Waals surface area contributed by atoms with Crippen LogP contribution in [0.3, 0.4) is 0 Å². The highest BCUT2D eigenvalue weighted by atomic mass is 16.5. The summed E-state index contributed by atoms with van der Waals surface area (Å²) in [7, 11) is 0. The molecule has 2 nitrogen and oxygen atoms in total. The number of nitrogens with zero attached hydrogens (tertiary/aromatic N) is 1. The summed E-state index contributed by atoms with van der Waals surface area (Å²) < 4.78 is 6.67. The zero-order valence-electron chi connectivity index (χ0n) is 31.9. The predicted molar refractivity (Wildman–Crippen MR) is 238 cm³/mol. The number of hydrogen-bond acceptors (Lipinski definition) is 2. The monoisotopic (exact) mass is 729 g/mol. The van der Waals surface area contributed by atoms with Gasteiger partial charge in [-0.25, -0.2) is 0 Å². The van der Waals surface area contributed by atoms with Crippen molar-refractivity contribution < 1.29 is 4.74 Å². The molecule has 9 aromatic rings. The largest absolute Gasteiger partial charge is 0.456 e. The van der Waals surface area contributed by atoms with Gasteiger partial charge in [-0.3, -0.25) is 0 Å². The maximum atomic E-state index is 6.67. The Labute approximate surface area is 333 Å². The summed E-state index contributed by atoms with van der Waals surface area (Å²) in [6, 6.07) is 72.5. The summed E-state index contributed by atoms with van der Waals surface area (Å²) in [6.07, 6.45) is 0. The van der Waals surface area contributed by atoms with Crippen LogP contribution in [0.2, 0.25) is 0 Å². The van der Waals surface area contributed by atoms with E-state index in [0.717, 1.165) is 50.8 Å². The quantitative estimate of drug-likeness (QED) is 0.175. The van der Waals surface area contributed by atoms with Gasteiger partial charge in [-0.2, -0.15) is 0 Å². The SMILES string of the molecule is CC1(C)c2ccccc2-c2ccc(N(c3ccc(-c4ccccc4)cc3)c3ccc(-c4ccc5c(c4)-c4ccc6ccccc6c4-c4ccccc4O5)cc3)cc21. The van der Waals surface area contributed by atoms with Crippen LogP contribution in [0.15, 0.2) is 200 Å². The smallest absolute Gasteiger partial charge is 0.135 e. The van der Waals surface area contributed by atoms with E-state index in [1.807, 2.05) is 6.07 Å². The molecule has 1 aliphatic carbocycles. The Bertz CT molecular complexity index is 3000. The molecule has 1 aliphatic heterocycles. The third-order valence-electron chi connectivity index (χ3n) is 12.1. The first-order valence-electron chi connectivity index (χ1n) is 19.8. The Balaban J connectivity index is 1.01. The molecule has 0 spiro atoms. The molecule has 57 heavy (non-hydrogen) atoms. The number of anilines is 3. The van der Waals surface area contributed by atoms with Crippen molar-refractivity contribution in [1.82, 2.24) is 0 Å². The predicted octanol–water partition coefficient (Wildman–Crippen LogP) is 15.4. The molecular weight excluding hydrogens is 691 g/mol. The van der Waals surface area contributed by atoms with E-state index in [2.05, 4.69) is 213 Å². The molecule has 11 rings (SSSR count). The fourth-order valence-electron chi connectivity index (χ4n) is 9.19. The third-order valence-corrected chi connectivity index (χ3v) is 12.1. The molecule has 0 aromatic heterocycles. The van der Waals surface area contributed by atoms with Gasteiger partial charge < -0.3 is 9.64 Å². The summed E-state index contributed by atoms with van der Waals surface area (Å²) in [5, 5.41) is 2.45. The zero-order valence-corrected chi connectivity index (χ0v) is 31.9. The standard InChI is InChI=1S/C55H39NO/c1-55(2)50-18-10-8-16-45(50)46-32-30-43(35-51(46)55)56(41-26-20-37(21-27-41)36-12-4-3-5-13-36)42-28-22-38(23-29-42)40-25-33-53-49(34-40)47-31-24-39-14-6-7-15-44(39)54(47)48-17-9-11-19-52(48)57-53/h3-35H,1-2H3. The number of para-hydroxylation sites is 1. The van der Waals surface area contributed by atoms with Crippen molar-refractivity contribution in [2.75, 3.05) is 4.90 Å². The van der Waals surface area contributed by atoms with Crippen LogP contribution in [0.25, 0.3) is 66.4 Å². The molecule has 0 unspecified atom stereocenters. The lowest BCUT2D eigenvalue weighted by atomic mass is 9.82. The highest BCUT2D eigenvalue weighted by Crippen LogP contribution is 2.52. The van der Waals surface area contributed by atoms with Crippen LogP contribution >= 0.6 is 0 Å². The van der Waals surface area contributed by atoms with Crippen molar-refractivity contribution in [3.8, 4) is 67.1 Å². The van der Waals surface area contributed by atoms with Crippen LogP contribution in [-0.4, -0.2) is 0 Å². The minimum absolute atomic E-state index is 0.101. The van der Waals surface area contributed by atoms with Gasteiger partial charge in [-0.05, 0) is 115 Å². The Morgan fingerprint density at radius 1 is 0.368 bits per heavy atom. The first-order valence-corrected chi connectivity index (χ1v) is 19.8. The highest BCUT2D eigenvalue weighted by molar-refractivity contribution is 6.07. The van der Waals surface area contributed by atoms with Crippen molar-refractivity contribution in [2.45, 2.75) is 19.3 Å². The van der Waals surface area contributed by atoms with Gasteiger partial charge in [0.15, 0.2) is 0 Å².